The molecule has 0 aliphatic rings. The van der Waals surface area contributed by atoms with Crippen molar-refractivity contribution in [1.29, 1.82) is 0 Å². The fraction of sp³-hybridized carbons (Fsp3) is 0.312. The lowest BCUT2D eigenvalue weighted by molar-refractivity contribution is -0.116. The van der Waals surface area contributed by atoms with Crippen LogP contribution in [0.5, 0.6) is 5.75 Å². The Balaban J connectivity index is 1.86. The number of thiazole rings is 1. The van der Waals surface area contributed by atoms with Gasteiger partial charge in [-0.1, -0.05) is 13.8 Å². The summed E-state index contributed by atoms with van der Waals surface area (Å²) in [6.45, 7) is 4.00. The van der Waals surface area contributed by atoms with Crippen molar-refractivity contribution in [2.75, 3.05) is 12.4 Å². The van der Waals surface area contributed by atoms with Crippen LogP contribution in [0.4, 0.5) is 5.95 Å². The van der Waals surface area contributed by atoms with Crippen molar-refractivity contribution in [2.24, 2.45) is 5.92 Å². The van der Waals surface area contributed by atoms with E-state index in [1.807, 2.05) is 43.5 Å². The van der Waals surface area contributed by atoms with Gasteiger partial charge in [0.05, 0.1) is 12.8 Å². The summed E-state index contributed by atoms with van der Waals surface area (Å²) >= 11 is 1.49. The van der Waals surface area contributed by atoms with Gasteiger partial charge in [0.2, 0.25) is 16.8 Å². The first-order valence-electron chi connectivity index (χ1n) is 7.35. The highest BCUT2D eigenvalue weighted by molar-refractivity contribution is 7.15. The molecule has 0 saturated carbocycles. The van der Waals surface area contributed by atoms with E-state index in [9.17, 15) is 4.79 Å². The average Bonchev–Trinajstić information content (AvgIpc) is 3.06. The number of benzene rings is 1. The van der Waals surface area contributed by atoms with Crippen LogP contribution in [0.2, 0.25) is 0 Å². The SMILES string of the molecule is COc1ccc(-c2csc3nc(NC(=O)CC(C)C)nn23)cc1. The molecule has 1 aromatic carbocycles. The van der Waals surface area contributed by atoms with Crippen LogP contribution < -0.4 is 10.1 Å². The average molecular weight is 330 g/mol. The van der Waals surface area contributed by atoms with Gasteiger partial charge in [-0.2, -0.15) is 4.98 Å². The second-order valence-corrected chi connectivity index (χ2v) is 6.46. The van der Waals surface area contributed by atoms with Crippen LogP contribution in [0, 0.1) is 5.92 Å². The molecule has 3 aromatic rings. The van der Waals surface area contributed by atoms with Crippen molar-refractivity contribution in [2.45, 2.75) is 20.3 Å². The van der Waals surface area contributed by atoms with Crippen LogP contribution in [0.3, 0.4) is 0 Å². The molecule has 6 nitrogen and oxygen atoms in total. The molecule has 7 heteroatoms. The molecule has 0 unspecified atom stereocenters. The Morgan fingerprint density at radius 1 is 1.35 bits per heavy atom. The Morgan fingerprint density at radius 2 is 2.09 bits per heavy atom. The maximum atomic E-state index is 11.8. The molecule has 2 aromatic heterocycles. The molecule has 0 aliphatic carbocycles. The Kier molecular flexibility index (Phi) is 4.29. The maximum Gasteiger partial charge on any atom is 0.250 e. The molecule has 0 bridgehead atoms. The van der Waals surface area contributed by atoms with Gasteiger partial charge in [-0.05, 0) is 30.2 Å². The minimum absolute atomic E-state index is 0.0655. The number of rotatable bonds is 5. The van der Waals surface area contributed by atoms with E-state index in [-0.39, 0.29) is 5.91 Å². The molecule has 23 heavy (non-hydrogen) atoms. The second-order valence-electron chi connectivity index (χ2n) is 5.63. The summed E-state index contributed by atoms with van der Waals surface area (Å²) in [5, 5.41) is 9.14. The smallest absolute Gasteiger partial charge is 0.250 e. The fourth-order valence-corrected chi connectivity index (χ4v) is 3.07. The van der Waals surface area contributed by atoms with Gasteiger partial charge >= 0.3 is 0 Å². The number of carbonyl (C=O) groups excluding carboxylic acids is 1. The first kappa shape index (κ1) is 15.5. The third kappa shape index (κ3) is 3.34. The van der Waals surface area contributed by atoms with Crippen LogP contribution in [0.25, 0.3) is 16.2 Å². The van der Waals surface area contributed by atoms with E-state index in [2.05, 4.69) is 15.4 Å². The second kappa shape index (κ2) is 6.37. The zero-order chi connectivity index (χ0) is 16.4. The zero-order valence-electron chi connectivity index (χ0n) is 13.2. The number of anilines is 1. The zero-order valence-corrected chi connectivity index (χ0v) is 14.1. The summed E-state index contributed by atoms with van der Waals surface area (Å²) in [6, 6.07) is 7.75. The monoisotopic (exact) mass is 330 g/mol. The highest BCUT2D eigenvalue weighted by Crippen LogP contribution is 2.27. The first-order valence-corrected chi connectivity index (χ1v) is 8.23. The normalized spacial score (nSPS) is 11.1. The predicted molar refractivity (Wildman–Crippen MR) is 90.9 cm³/mol. The summed E-state index contributed by atoms with van der Waals surface area (Å²) in [4.78, 5) is 16.9. The third-order valence-corrected chi connectivity index (χ3v) is 4.13. The maximum absolute atomic E-state index is 11.8. The number of nitrogens with one attached hydrogen (secondary N) is 1. The molecule has 0 saturated heterocycles. The third-order valence-electron chi connectivity index (χ3n) is 3.31. The fourth-order valence-electron chi connectivity index (χ4n) is 2.24. The molecular weight excluding hydrogens is 312 g/mol. The van der Waals surface area contributed by atoms with Gasteiger partial charge in [0.15, 0.2) is 0 Å². The number of amides is 1. The largest absolute Gasteiger partial charge is 0.497 e. The van der Waals surface area contributed by atoms with E-state index in [1.54, 1.807) is 11.6 Å². The number of aromatic nitrogens is 3. The van der Waals surface area contributed by atoms with E-state index < -0.39 is 0 Å². The van der Waals surface area contributed by atoms with E-state index in [0.717, 1.165) is 22.0 Å². The Morgan fingerprint density at radius 3 is 2.74 bits per heavy atom. The molecule has 1 amide bonds. The minimum atomic E-state index is -0.0655. The molecule has 0 radical (unpaired) electrons. The number of carbonyl (C=O) groups is 1. The van der Waals surface area contributed by atoms with E-state index in [1.165, 1.54) is 11.3 Å². The van der Waals surface area contributed by atoms with Crippen molar-refractivity contribution in [3.05, 3.63) is 29.6 Å². The van der Waals surface area contributed by atoms with Crippen LogP contribution in [-0.4, -0.2) is 27.6 Å². The number of hydrogen-bond acceptors (Lipinski definition) is 5. The van der Waals surface area contributed by atoms with E-state index in [4.69, 9.17) is 4.74 Å². The summed E-state index contributed by atoms with van der Waals surface area (Å²) < 4.78 is 6.92. The van der Waals surface area contributed by atoms with Crippen molar-refractivity contribution in [3.8, 4) is 17.0 Å². The predicted octanol–water partition coefficient (Wildman–Crippen LogP) is 3.45. The van der Waals surface area contributed by atoms with E-state index in [0.29, 0.717) is 18.3 Å². The molecule has 2 heterocycles. The number of ether oxygens (including phenoxy) is 1. The highest BCUT2D eigenvalue weighted by atomic mass is 32.1. The molecule has 0 fully saturated rings. The Hall–Kier alpha value is -2.41. The quantitative estimate of drug-likeness (QED) is 0.778. The molecule has 0 aliphatic heterocycles. The molecule has 1 N–H and O–H groups in total. The topological polar surface area (TPSA) is 68.5 Å². The van der Waals surface area contributed by atoms with Crippen molar-refractivity contribution in [3.63, 3.8) is 0 Å². The van der Waals surface area contributed by atoms with Gasteiger partial charge in [0.1, 0.15) is 5.75 Å². The van der Waals surface area contributed by atoms with Crippen LogP contribution in [0.15, 0.2) is 29.6 Å². The van der Waals surface area contributed by atoms with Crippen molar-refractivity contribution >= 4 is 28.2 Å². The molecular formula is C16H18N4O2S. The lowest BCUT2D eigenvalue weighted by Crippen LogP contribution is -2.14. The summed E-state index contributed by atoms with van der Waals surface area (Å²) in [5.41, 5.74) is 1.95. The lowest BCUT2D eigenvalue weighted by atomic mass is 10.1. The van der Waals surface area contributed by atoms with Crippen molar-refractivity contribution < 1.29 is 9.53 Å². The Labute approximate surface area is 138 Å². The molecule has 0 spiro atoms. The summed E-state index contributed by atoms with van der Waals surface area (Å²) in [7, 11) is 1.64. The van der Waals surface area contributed by atoms with Crippen molar-refractivity contribution in [1.82, 2.24) is 14.6 Å². The van der Waals surface area contributed by atoms with Crippen LogP contribution >= 0.6 is 11.3 Å². The summed E-state index contributed by atoms with van der Waals surface area (Å²) in [5.74, 6) is 1.38. The standard InChI is InChI=1S/C16H18N4O2S/c1-10(2)8-14(21)17-15-18-16-20(19-15)13(9-23-16)11-4-6-12(22-3)7-5-11/h4-7,9-10H,8H2,1-3H3,(H,17,19,21). The molecule has 120 valence electrons. The van der Waals surface area contributed by atoms with Gasteiger partial charge in [0, 0.05) is 17.4 Å². The Bertz CT molecular complexity index is 820. The number of hydrogen-bond donors (Lipinski definition) is 1. The van der Waals surface area contributed by atoms with Crippen LogP contribution in [0.1, 0.15) is 20.3 Å². The highest BCUT2D eigenvalue weighted by Gasteiger charge is 2.14. The number of nitrogens with zero attached hydrogens (tertiary/aromatic N) is 3. The van der Waals surface area contributed by atoms with Gasteiger partial charge in [-0.25, -0.2) is 4.52 Å². The first-order chi connectivity index (χ1) is 11.1. The van der Waals surface area contributed by atoms with E-state index >= 15 is 0 Å². The van der Waals surface area contributed by atoms with Gasteiger partial charge < -0.3 is 4.74 Å². The lowest BCUT2D eigenvalue weighted by Gasteiger charge is -2.03. The number of fused-ring (bicyclic) bond motifs is 1. The van der Waals surface area contributed by atoms with Gasteiger partial charge in [-0.15, -0.1) is 16.4 Å². The molecule has 3 rings (SSSR count). The van der Waals surface area contributed by atoms with Gasteiger partial charge in [0.25, 0.3) is 0 Å². The summed E-state index contributed by atoms with van der Waals surface area (Å²) in [6.07, 6.45) is 0.457. The van der Waals surface area contributed by atoms with Gasteiger partial charge in [-0.3, -0.25) is 10.1 Å². The minimum Gasteiger partial charge on any atom is -0.497 e. The molecule has 0 atom stereocenters. The van der Waals surface area contributed by atoms with Crippen LogP contribution in [-0.2, 0) is 4.79 Å². The number of methoxy groups -OCH3 is 1.